The van der Waals surface area contributed by atoms with Gasteiger partial charge in [0.2, 0.25) is 0 Å². The van der Waals surface area contributed by atoms with Gasteiger partial charge in [-0.25, -0.2) is 0 Å². The Morgan fingerprint density at radius 2 is 2.56 bits per heavy atom. The van der Waals surface area contributed by atoms with Gasteiger partial charge >= 0.3 is 0 Å². The topological polar surface area (TPSA) is 61.5 Å². The quantitative estimate of drug-likeness (QED) is 0.344. The minimum Gasteiger partial charge on any atom is -0.748 e. The van der Waals surface area contributed by atoms with Gasteiger partial charge in [0.05, 0.1) is 6.10 Å². The fraction of sp³-hybridized carbons (Fsp3) is 0.600. The largest absolute Gasteiger partial charge is 0.748 e. The number of hydrogen-bond acceptors (Lipinski definition) is 4. The van der Waals surface area contributed by atoms with Crippen LogP contribution in [0.2, 0.25) is 0 Å². The van der Waals surface area contributed by atoms with Crippen LogP contribution >= 0.6 is 0 Å². The molecule has 9 heavy (non-hydrogen) atoms. The average molecular weight is 131 g/mol. The molecule has 0 saturated heterocycles. The van der Waals surface area contributed by atoms with Crippen LogP contribution in [-0.2, 0) is 4.84 Å². The van der Waals surface area contributed by atoms with Gasteiger partial charge in [-0.3, -0.25) is 10.7 Å². The summed E-state index contributed by atoms with van der Waals surface area (Å²) in [6.45, 7) is 5.20. The molecule has 0 rings (SSSR count). The van der Waals surface area contributed by atoms with Crippen molar-refractivity contribution in [2.24, 2.45) is 5.84 Å². The molecular weight excluding hydrogens is 120 g/mol. The summed E-state index contributed by atoms with van der Waals surface area (Å²) in [5.41, 5.74) is 0. The van der Waals surface area contributed by atoms with Gasteiger partial charge in [-0.15, -0.1) is 6.58 Å². The lowest BCUT2D eigenvalue weighted by atomic mass is 10.3. The Bertz CT molecular complexity index is 85.0. The molecule has 0 heterocycles. The van der Waals surface area contributed by atoms with E-state index in [1.165, 1.54) is 0 Å². The monoisotopic (exact) mass is 131 g/mol. The lowest BCUT2D eigenvalue weighted by Crippen LogP contribution is -2.28. The van der Waals surface area contributed by atoms with Crippen molar-refractivity contribution in [3.05, 3.63) is 17.9 Å². The zero-order chi connectivity index (χ0) is 7.28. The first kappa shape index (κ1) is 8.58. The molecule has 4 nitrogen and oxygen atoms in total. The molecule has 0 aromatic heterocycles. The van der Waals surface area contributed by atoms with Gasteiger partial charge in [-0.1, -0.05) is 6.08 Å². The molecule has 0 saturated carbocycles. The van der Waals surface area contributed by atoms with Crippen molar-refractivity contribution < 1.29 is 4.84 Å². The van der Waals surface area contributed by atoms with Crippen LogP contribution in [0.25, 0.3) is 0 Å². The molecule has 0 amide bonds. The second-order valence-corrected chi connectivity index (χ2v) is 1.73. The smallest absolute Gasteiger partial charge is 0.0803 e. The van der Waals surface area contributed by atoms with Crippen molar-refractivity contribution in [2.45, 2.75) is 19.4 Å². The Kier molecular flexibility index (Phi) is 4.25. The normalized spacial score (nSPS) is 13.8. The second-order valence-electron chi connectivity index (χ2n) is 1.73. The van der Waals surface area contributed by atoms with Crippen LogP contribution in [0.4, 0.5) is 0 Å². The summed E-state index contributed by atoms with van der Waals surface area (Å²) >= 11 is 0. The maximum atomic E-state index is 9.97. The van der Waals surface area contributed by atoms with E-state index in [0.717, 1.165) is 0 Å². The summed E-state index contributed by atoms with van der Waals surface area (Å²) in [6, 6.07) is 0. The summed E-state index contributed by atoms with van der Waals surface area (Å²) in [5, 5.41) is 9.92. The van der Waals surface area contributed by atoms with Crippen LogP contribution in [0.5, 0.6) is 0 Å². The Balaban J connectivity index is 3.25. The molecule has 0 aromatic carbocycles. The van der Waals surface area contributed by atoms with Gasteiger partial charge in [-0.05, 0) is 13.3 Å². The molecule has 4 heteroatoms. The van der Waals surface area contributed by atoms with Gasteiger partial charge < -0.3 is 5.21 Å². The summed E-state index contributed by atoms with van der Waals surface area (Å²) in [7, 11) is 0. The average Bonchev–Trinajstić information content (AvgIpc) is 1.63. The maximum Gasteiger partial charge on any atom is 0.0803 e. The van der Waals surface area contributed by atoms with E-state index in [1.807, 2.05) is 0 Å². The highest BCUT2D eigenvalue weighted by molar-refractivity contribution is 4.69. The van der Waals surface area contributed by atoms with Crippen molar-refractivity contribution in [1.82, 2.24) is 5.34 Å². The number of rotatable bonds is 4. The summed E-state index contributed by atoms with van der Waals surface area (Å²) < 4.78 is 0. The van der Waals surface area contributed by atoms with Crippen molar-refractivity contribution in [3.63, 3.8) is 0 Å². The molecule has 0 aromatic rings. The van der Waals surface area contributed by atoms with Gasteiger partial charge in [0.25, 0.3) is 0 Å². The third-order valence-corrected chi connectivity index (χ3v) is 0.782. The first-order valence-electron chi connectivity index (χ1n) is 2.66. The van der Waals surface area contributed by atoms with Gasteiger partial charge in [-0.2, -0.15) is 5.34 Å². The number of nitrogens with two attached hydrogens (primary N) is 1. The lowest BCUT2D eigenvalue weighted by Gasteiger charge is -2.23. The molecule has 54 valence electrons. The predicted molar refractivity (Wildman–Crippen MR) is 34.8 cm³/mol. The standard InChI is InChI=1S/C5H11N2O2/c1-3-4-5(2)9-7(6)8/h3,5H,1,4,6H2,2H3/q-1. The molecule has 0 fully saturated rings. The molecule has 0 aliphatic heterocycles. The molecule has 0 aliphatic rings. The van der Waals surface area contributed by atoms with Crippen molar-refractivity contribution in [3.8, 4) is 0 Å². The first-order valence-corrected chi connectivity index (χ1v) is 2.66. The minimum absolute atomic E-state index is 0.0475. The van der Waals surface area contributed by atoms with E-state index < -0.39 is 0 Å². The minimum atomic E-state index is -0.190. The van der Waals surface area contributed by atoms with E-state index in [2.05, 4.69) is 17.3 Å². The molecule has 0 aliphatic carbocycles. The second kappa shape index (κ2) is 4.46. The fourth-order valence-corrected chi connectivity index (χ4v) is 0.455. The fourth-order valence-electron chi connectivity index (χ4n) is 0.455. The predicted octanol–water partition coefficient (Wildman–Crippen LogP) is 0.556. The molecule has 1 unspecified atom stereocenters. The Morgan fingerprint density at radius 3 is 2.89 bits per heavy atom. The number of hydrogen-bond donors (Lipinski definition) is 1. The molecule has 1 atom stereocenters. The summed E-state index contributed by atoms with van der Waals surface area (Å²) in [6.07, 6.45) is 2.09. The Hall–Kier alpha value is -0.420. The third-order valence-electron chi connectivity index (χ3n) is 0.782. The van der Waals surface area contributed by atoms with Crippen LogP contribution in [0.3, 0.4) is 0 Å². The first-order chi connectivity index (χ1) is 4.16. The van der Waals surface area contributed by atoms with Crippen LogP contribution in [0.15, 0.2) is 12.7 Å². The SMILES string of the molecule is C=CCC(C)ON(N)[O-]. The van der Waals surface area contributed by atoms with E-state index in [-0.39, 0.29) is 11.4 Å². The van der Waals surface area contributed by atoms with E-state index in [4.69, 9.17) is 0 Å². The highest BCUT2D eigenvalue weighted by atomic mass is 16.9. The van der Waals surface area contributed by atoms with E-state index in [0.29, 0.717) is 6.42 Å². The van der Waals surface area contributed by atoms with Crippen molar-refractivity contribution in [2.75, 3.05) is 0 Å². The van der Waals surface area contributed by atoms with Crippen molar-refractivity contribution >= 4 is 0 Å². The highest BCUT2D eigenvalue weighted by Gasteiger charge is 1.96. The Labute approximate surface area is 54.4 Å². The van der Waals surface area contributed by atoms with Crippen LogP contribution in [0, 0.1) is 5.21 Å². The molecule has 2 N–H and O–H groups in total. The number of nitrogens with zero attached hydrogens (tertiary/aromatic N) is 1. The molecular formula is C5H11N2O2-. The van der Waals surface area contributed by atoms with Gasteiger partial charge in [0, 0.05) is 0 Å². The highest BCUT2D eigenvalue weighted by Crippen LogP contribution is 1.96. The summed E-state index contributed by atoms with van der Waals surface area (Å²) in [5.74, 6) is 4.64. The van der Waals surface area contributed by atoms with E-state index >= 15 is 0 Å². The summed E-state index contributed by atoms with van der Waals surface area (Å²) in [4.78, 5) is 4.47. The van der Waals surface area contributed by atoms with Gasteiger partial charge in [0.1, 0.15) is 0 Å². The zero-order valence-corrected chi connectivity index (χ0v) is 5.41. The van der Waals surface area contributed by atoms with E-state index in [1.54, 1.807) is 13.0 Å². The number of hydrazine groups is 1. The van der Waals surface area contributed by atoms with Crippen LogP contribution < -0.4 is 5.84 Å². The molecule has 0 radical (unpaired) electrons. The zero-order valence-electron chi connectivity index (χ0n) is 5.41. The molecule has 0 spiro atoms. The lowest BCUT2D eigenvalue weighted by molar-refractivity contribution is -0.159. The van der Waals surface area contributed by atoms with E-state index in [9.17, 15) is 5.21 Å². The van der Waals surface area contributed by atoms with Gasteiger partial charge in [0.15, 0.2) is 0 Å². The van der Waals surface area contributed by atoms with Crippen LogP contribution in [-0.4, -0.2) is 11.4 Å². The third kappa shape index (κ3) is 5.45. The Morgan fingerprint density at radius 1 is 2.00 bits per heavy atom. The van der Waals surface area contributed by atoms with Crippen molar-refractivity contribution in [1.29, 1.82) is 0 Å². The molecule has 0 bridgehead atoms. The maximum absolute atomic E-state index is 9.97. The van der Waals surface area contributed by atoms with Crippen LogP contribution in [0.1, 0.15) is 13.3 Å².